The highest BCUT2D eigenvalue weighted by Gasteiger charge is 2.38. The van der Waals surface area contributed by atoms with Gasteiger partial charge in [-0.05, 0) is 43.0 Å². The Balaban J connectivity index is 2.22. The van der Waals surface area contributed by atoms with E-state index >= 15 is 0 Å². The number of hydrogen-bond donors (Lipinski definition) is 1. The zero-order valence-electron chi connectivity index (χ0n) is 11.7. The largest absolute Gasteiger partial charge is 0.313 e. The van der Waals surface area contributed by atoms with Crippen LogP contribution in [0.4, 0.5) is 4.39 Å². The summed E-state index contributed by atoms with van der Waals surface area (Å²) >= 11 is 0. The molecule has 0 aliphatic heterocycles. The molecule has 100 valence electrons. The van der Waals surface area contributed by atoms with Crippen molar-refractivity contribution < 1.29 is 4.39 Å². The van der Waals surface area contributed by atoms with E-state index in [1.807, 2.05) is 12.1 Å². The molecule has 0 spiro atoms. The predicted octanol–water partition coefficient (Wildman–Crippen LogP) is 3.88. The quantitative estimate of drug-likeness (QED) is 0.835. The minimum absolute atomic E-state index is 0.0504. The van der Waals surface area contributed by atoms with Crippen LogP contribution >= 0.6 is 0 Å². The molecular weight excluding hydrogens is 225 g/mol. The maximum atomic E-state index is 13.0. The van der Waals surface area contributed by atoms with Crippen LogP contribution in [0.5, 0.6) is 0 Å². The summed E-state index contributed by atoms with van der Waals surface area (Å²) < 4.78 is 13.0. The van der Waals surface area contributed by atoms with Crippen molar-refractivity contribution in [1.82, 2.24) is 5.32 Å². The number of likely N-dealkylation sites (N-methyl/N-ethyl adjacent to an activating group) is 1. The SMILES string of the molecule is CCNC(C1CCC1)C(C)(C)c1ccc(F)cc1. The molecule has 0 aromatic heterocycles. The van der Waals surface area contributed by atoms with Crippen molar-refractivity contribution in [1.29, 1.82) is 0 Å². The Kier molecular flexibility index (Phi) is 4.06. The molecule has 1 fully saturated rings. The molecule has 2 rings (SSSR count). The lowest BCUT2D eigenvalue weighted by molar-refractivity contribution is 0.167. The van der Waals surface area contributed by atoms with E-state index < -0.39 is 0 Å². The summed E-state index contributed by atoms with van der Waals surface area (Å²) in [5, 5.41) is 3.64. The van der Waals surface area contributed by atoms with Gasteiger partial charge in [-0.1, -0.05) is 39.3 Å². The molecule has 1 nitrogen and oxygen atoms in total. The van der Waals surface area contributed by atoms with Gasteiger partial charge in [-0.3, -0.25) is 0 Å². The Morgan fingerprint density at radius 2 is 1.89 bits per heavy atom. The van der Waals surface area contributed by atoms with Gasteiger partial charge in [0, 0.05) is 11.5 Å². The van der Waals surface area contributed by atoms with E-state index in [-0.39, 0.29) is 11.2 Å². The third kappa shape index (κ3) is 2.59. The van der Waals surface area contributed by atoms with Gasteiger partial charge in [0.05, 0.1) is 0 Å². The van der Waals surface area contributed by atoms with E-state index in [9.17, 15) is 4.39 Å². The molecule has 1 aromatic carbocycles. The average Bonchev–Trinajstić information content (AvgIpc) is 2.26. The van der Waals surface area contributed by atoms with E-state index in [4.69, 9.17) is 0 Å². The van der Waals surface area contributed by atoms with Crippen LogP contribution in [0.1, 0.15) is 45.6 Å². The molecule has 1 aliphatic carbocycles. The first-order valence-electron chi connectivity index (χ1n) is 7.05. The third-order valence-electron chi connectivity index (χ3n) is 4.41. The van der Waals surface area contributed by atoms with Gasteiger partial charge in [0.1, 0.15) is 5.82 Å². The topological polar surface area (TPSA) is 12.0 Å². The third-order valence-corrected chi connectivity index (χ3v) is 4.41. The van der Waals surface area contributed by atoms with Crippen LogP contribution in [0.2, 0.25) is 0 Å². The number of halogens is 1. The fourth-order valence-electron chi connectivity index (χ4n) is 3.06. The minimum atomic E-state index is -0.154. The molecule has 0 bridgehead atoms. The second-order valence-corrected chi connectivity index (χ2v) is 5.95. The van der Waals surface area contributed by atoms with Gasteiger partial charge in [-0.2, -0.15) is 0 Å². The maximum Gasteiger partial charge on any atom is 0.123 e. The Labute approximate surface area is 110 Å². The van der Waals surface area contributed by atoms with Crippen LogP contribution in [-0.4, -0.2) is 12.6 Å². The molecule has 1 unspecified atom stereocenters. The number of nitrogens with one attached hydrogen (secondary N) is 1. The van der Waals surface area contributed by atoms with Crippen molar-refractivity contribution in [3.63, 3.8) is 0 Å². The van der Waals surface area contributed by atoms with E-state index in [1.54, 1.807) is 12.1 Å². The second-order valence-electron chi connectivity index (χ2n) is 5.95. The summed E-state index contributed by atoms with van der Waals surface area (Å²) in [4.78, 5) is 0. The van der Waals surface area contributed by atoms with Crippen molar-refractivity contribution in [2.45, 2.75) is 51.5 Å². The smallest absolute Gasteiger partial charge is 0.123 e. The Morgan fingerprint density at radius 3 is 2.33 bits per heavy atom. The van der Waals surface area contributed by atoms with E-state index in [2.05, 4.69) is 26.1 Å². The van der Waals surface area contributed by atoms with Crippen molar-refractivity contribution in [3.05, 3.63) is 35.6 Å². The molecule has 18 heavy (non-hydrogen) atoms. The number of rotatable bonds is 5. The lowest BCUT2D eigenvalue weighted by Gasteiger charge is -2.44. The normalized spacial score (nSPS) is 18.4. The minimum Gasteiger partial charge on any atom is -0.313 e. The summed E-state index contributed by atoms with van der Waals surface area (Å²) in [6.45, 7) is 7.69. The molecule has 1 atom stereocenters. The molecule has 1 aliphatic rings. The first kappa shape index (κ1) is 13.5. The molecule has 2 heteroatoms. The monoisotopic (exact) mass is 249 g/mol. The van der Waals surface area contributed by atoms with Gasteiger partial charge < -0.3 is 5.32 Å². The molecule has 1 aromatic rings. The zero-order valence-corrected chi connectivity index (χ0v) is 11.7. The highest BCUT2D eigenvalue weighted by Crippen LogP contribution is 2.39. The van der Waals surface area contributed by atoms with Gasteiger partial charge in [0.15, 0.2) is 0 Å². The van der Waals surface area contributed by atoms with Crippen LogP contribution in [0.25, 0.3) is 0 Å². The molecule has 1 N–H and O–H groups in total. The Bertz CT molecular complexity index is 379. The van der Waals surface area contributed by atoms with E-state index in [0.29, 0.717) is 6.04 Å². The highest BCUT2D eigenvalue weighted by molar-refractivity contribution is 5.27. The van der Waals surface area contributed by atoms with Crippen LogP contribution in [0, 0.1) is 11.7 Å². The zero-order chi connectivity index (χ0) is 13.2. The molecule has 1 saturated carbocycles. The van der Waals surface area contributed by atoms with Crippen LogP contribution in [0.3, 0.4) is 0 Å². The van der Waals surface area contributed by atoms with Gasteiger partial charge in [-0.25, -0.2) is 4.39 Å². The van der Waals surface area contributed by atoms with Crippen LogP contribution in [0.15, 0.2) is 24.3 Å². The summed E-state index contributed by atoms with van der Waals surface area (Å²) in [5.41, 5.74) is 1.27. The molecule has 0 amide bonds. The molecular formula is C16H24FN. The van der Waals surface area contributed by atoms with Crippen molar-refractivity contribution in [3.8, 4) is 0 Å². The molecule has 0 heterocycles. The predicted molar refractivity (Wildman–Crippen MR) is 74.2 cm³/mol. The average molecular weight is 249 g/mol. The fourth-order valence-corrected chi connectivity index (χ4v) is 3.06. The second kappa shape index (κ2) is 5.40. The highest BCUT2D eigenvalue weighted by atomic mass is 19.1. The van der Waals surface area contributed by atoms with Gasteiger partial charge in [0.25, 0.3) is 0 Å². The van der Waals surface area contributed by atoms with Gasteiger partial charge in [0.2, 0.25) is 0 Å². The first-order chi connectivity index (χ1) is 8.55. The summed E-state index contributed by atoms with van der Waals surface area (Å²) in [6, 6.07) is 7.49. The van der Waals surface area contributed by atoms with E-state index in [0.717, 1.165) is 12.5 Å². The van der Waals surface area contributed by atoms with Crippen molar-refractivity contribution >= 4 is 0 Å². The Morgan fingerprint density at radius 1 is 1.28 bits per heavy atom. The van der Waals surface area contributed by atoms with Crippen LogP contribution in [-0.2, 0) is 5.41 Å². The molecule has 0 saturated heterocycles. The fraction of sp³-hybridized carbons (Fsp3) is 0.625. The van der Waals surface area contributed by atoms with Crippen molar-refractivity contribution in [2.75, 3.05) is 6.54 Å². The lowest BCUT2D eigenvalue weighted by atomic mass is 9.66. The van der Waals surface area contributed by atoms with Gasteiger partial charge in [-0.15, -0.1) is 0 Å². The lowest BCUT2D eigenvalue weighted by Crippen LogP contribution is -2.51. The number of benzene rings is 1. The standard InChI is InChI=1S/C16H24FN/c1-4-18-15(12-6-5-7-12)16(2,3)13-8-10-14(17)11-9-13/h8-12,15,18H,4-7H2,1-3H3. The van der Waals surface area contributed by atoms with E-state index in [1.165, 1.54) is 24.8 Å². The first-order valence-corrected chi connectivity index (χ1v) is 7.05. The Hall–Kier alpha value is -0.890. The van der Waals surface area contributed by atoms with Crippen LogP contribution < -0.4 is 5.32 Å². The maximum absolute atomic E-state index is 13.0. The molecule has 0 radical (unpaired) electrons. The summed E-state index contributed by atoms with van der Waals surface area (Å²) in [7, 11) is 0. The van der Waals surface area contributed by atoms with Crippen molar-refractivity contribution in [2.24, 2.45) is 5.92 Å². The summed E-state index contributed by atoms with van der Waals surface area (Å²) in [5.74, 6) is 0.614. The summed E-state index contributed by atoms with van der Waals surface area (Å²) in [6.07, 6.45) is 4.00. The number of hydrogen-bond acceptors (Lipinski definition) is 1. The van der Waals surface area contributed by atoms with Gasteiger partial charge >= 0.3 is 0 Å².